The Kier molecular flexibility index (Phi) is 4.02. The lowest BCUT2D eigenvalue weighted by Gasteiger charge is -2.44. The number of rotatable bonds is 2. The van der Waals surface area contributed by atoms with Gasteiger partial charge in [-0.25, -0.2) is 0 Å². The second kappa shape index (κ2) is 5.79. The molecule has 3 rings (SSSR count). The first-order chi connectivity index (χ1) is 10.1. The molecule has 2 fully saturated rings. The van der Waals surface area contributed by atoms with Crippen LogP contribution in [0.2, 0.25) is 0 Å². The van der Waals surface area contributed by atoms with Crippen LogP contribution in [0.1, 0.15) is 42.7 Å². The minimum Gasteiger partial charge on any atom is -0.361 e. The van der Waals surface area contributed by atoms with Gasteiger partial charge in [0.15, 0.2) is 0 Å². The molecule has 0 radical (unpaired) electrons. The van der Waals surface area contributed by atoms with E-state index in [1.54, 1.807) is 0 Å². The van der Waals surface area contributed by atoms with Crippen molar-refractivity contribution in [1.82, 2.24) is 15.4 Å². The minimum atomic E-state index is 0.216. The summed E-state index contributed by atoms with van der Waals surface area (Å²) >= 11 is 0. The number of aryl methyl sites for hydroxylation is 2. The van der Waals surface area contributed by atoms with Crippen LogP contribution in [0.3, 0.4) is 0 Å². The molecule has 0 unspecified atom stereocenters. The average Bonchev–Trinajstić information content (AvgIpc) is 2.81. The van der Waals surface area contributed by atoms with Gasteiger partial charge in [-0.2, -0.15) is 0 Å². The van der Waals surface area contributed by atoms with Crippen LogP contribution < -0.4 is 5.32 Å². The molecule has 0 aromatic carbocycles. The summed E-state index contributed by atoms with van der Waals surface area (Å²) in [5.41, 5.74) is 2.29. The third-order valence-electron chi connectivity index (χ3n) is 5.35. The number of nitrogens with one attached hydrogen (secondary N) is 1. The minimum absolute atomic E-state index is 0.216. The summed E-state index contributed by atoms with van der Waals surface area (Å²) in [4.78, 5) is 14.5. The molecule has 0 saturated carbocycles. The third-order valence-corrected chi connectivity index (χ3v) is 5.35. The molecule has 0 bridgehead atoms. The zero-order valence-corrected chi connectivity index (χ0v) is 13.1. The summed E-state index contributed by atoms with van der Waals surface area (Å²) in [6.07, 6.45) is 5.26. The summed E-state index contributed by atoms with van der Waals surface area (Å²) in [5.74, 6) is 0.987. The first kappa shape index (κ1) is 14.6. The molecule has 2 aliphatic heterocycles. The van der Waals surface area contributed by atoms with Gasteiger partial charge in [-0.15, -0.1) is 0 Å². The molecule has 21 heavy (non-hydrogen) atoms. The molecule has 5 nitrogen and oxygen atoms in total. The highest BCUT2D eigenvalue weighted by Gasteiger charge is 2.36. The van der Waals surface area contributed by atoms with E-state index in [4.69, 9.17) is 4.52 Å². The highest BCUT2D eigenvalue weighted by molar-refractivity contribution is 5.79. The Morgan fingerprint density at radius 2 is 1.90 bits per heavy atom. The molecule has 5 heteroatoms. The number of piperidine rings is 2. The molecular formula is C16H25N3O2. The van der Waals surface area contributed by atoms with E-state index < -0.39 is 0 Å². The lowest BCUT2D eigenvalue weighted by Crippen LogP contribution is -2.47. The van der Waals surface area contributed by atoms with Crippen molar-refractivity contribution >= 4 is 5.91 Å². The maximum Gasteiger partial charge on any atom is 0.227 e. The van der Waals surface area contributed by atoms with Crippen LogP contribution in [0.15, 0.2) is 4.52 Å². The SMILES string of the molecule is Cc1noc(C)c1CC(=O)N1CCC2(CCNCC2)CC1. The van der Waals surface area contributed by atoms with Crippen molar-refractivity contribution < 1.29 is 9.32 Å². The number of hydrogen-bond acceptors (Lipinski definition) is 4. The molecule has 1 spiro atoms. The van der Waals surface area contributed by atoms with Gasteiger partial charge in [-0.3, -0.25) is 4.79 Å². The molecule has 2 aliphatic rings. The Labute approximate surface area is 126 Å². The fraction of sp³-hybridized carbons (Fsp3) is 0.750. The predicted molar refractivity (Wildman–Crippen MR) is 80.0 cm³/mol. The molecule has 1 N–H and O–H groups in total. The molecule has 1 aromatic heterocycles. The zero-order valence-electron chi connectivity index (χ0n) is 13.1. The van der Waals surface area contributed by atoms with Crippen LogP contribution >= 0.6 is 0 Å². The fourth-order valence-electron chi connectivity index (χ4n) is 3.70. The van der Waals surface area contributed by atoms with Crippen molar-refractivity contribution in [2.45, 2.75) is 46.0 Å². The number of amides is 1. The molecule has 3 heterocycles. The lowest BCUT2D eigenvalue weighted by molar-refractivity contribution is -0.133. The van der Waals surface area contributed by atoms with Gasteiger partial charge in [0.05, 0.1) is 12.1 Å². The fourth-order valence-corrected chi connectivity index (χ4v) is 3.70. The number of carbonyl (C=O) groups is 1. The van der Waals surface area contributed by atoms with Gasteiger partial charge in [-0.05, 0) is 58.0 Å². The van der Waals surface area contributed by atoms with Crippen LogP contribution in [0.5, 0.6) is 0 Å². The van der Waals surface area contributed by atoms with Crippen molar-refractivity contribution in [2.24, 2.45) is 5.41 Å². The predicted octanol–water partition coefficient (Wildman–Crippen LogP) is 1.83. The first-order valence-electron chi connectivity index (χ1n) is 8.00. The van der Waals surface area contributed by atoms with Crippen molar-refractivity contribution in [3.8, 4) is 0 Å². The Balaban J connectivity index is 1.58. The van der Waals surface area contributed by atoms with Gasteiger partial charge >= 0.3 is 0 Å². The monoisotopic (exact) mass is 291 g/mol. The smallest absolute Gasteiger partial charge is 0.227 e. The van der Waals surface area contributed by atoms with E-state index in [2.05, 4.69) is 10.5 Å². The first-order valence-corrected chi connectivity index (χ1v) is 8.00. The molecule has 0 atom stereocenters. The average molecular weight is 291 g/mol. The van der Waals surface area contributed by atoms with Crippen LogP contribution in [-0.4, -0.2) is 42.1 Å². The highest BCUT2D eigenvalue weighted by Crippen LogP contribution is 2.39. The summed E-state index contributed by atoms with van der Waals surface area (Å²) < 4.78 is 5.15. The van der Waals surface area contributed by atoms with Crippen molar-refractivity contribution in [2.75, 3.05) is 26.2 Å². The maximum atomic E-state index is 12.5. The van der Waals surface area contributed by atoms with E-state index in [0.717, 1.165) is 56.0 Å². The second-order valence-electron chi connectivity index (χ2n) is 6.61. The van der Waals surface area contributed by atoms with Crippen molar-refractivity contribution in [3.05, 3.63) is 17.0 Å². The van der Waals surface area contributed by atoms with Gasteiger partial charge in [0.2, 0.25) is 5.91 Å². The lowest BCUT2D eigenvalue weighted by atomic mass is 9.71. The van der Waals surface area contributed by atoms with Crippen molar-refractivity contribution in [3.63, 3.8) is 0 Å². The van der Waals surface area contributed by atoms with E-state index in [9.17, 15) is 4.79 Å². The Hall–Kier alpha value is -1.36. The van der Waals surface area contributed by atoms with Crippen LogP contribution in [0.4, 0.5) is 0 Å². The normalized spacial score (nSPS) is 21.7. The molecule has 0 aliphatic carbocycles. The number of aromatic nitrogens is 1. The van der Waals surface area contributed by atoms with Gasteiger partial charge in [0.1, 0.15) is 5.76 Å². The Morgan fingerprint density at radius 3 is 2.48 bits per heavy atom. The van der Waals surface area contributed by atoms with Gasteiger partial charge in [-0.1, -0.05) is 5.16 Å². The van der Waals surface area contributed by atoms with Crippen LogP contribution in [-0.2, 0) is 11.2 Å². The van der Waals surface area contributed by atoms with Gasteiger partial charge in [0.25, 0.3) is 0 Å². The summed E-state index contributed by atoms with van der Waals surface area (Å²) in [6.45, 7) is 7.85. The third kappa shape index (κ3) is 2.98. The largest absolute Gasteiger partial charge is 0.361 e. The van der Waals surface area contributed by atoms with Crippen LogP contribution in [0.25, 0.3) is 0 Å². The molecule has 116 valence electrons. The van der Waals surface area contributed by atoms with E-state index >= 15 is 0 Å². The Morgan fingerprint density at radius 1 is 1.24 bits per heavy atom. The highest BCUT2D eigenvalue weighted by atomic mass is 16.5. The molecule has 2 saturated heterocycles. The second-order valence-corrected chi connectivity index (χ2v) is 6.61. The quantitative estimate of drug-likeness (QED) is 0.903. The molecular weight excluding hydrogens is 266 g/mol. The molecule has 1 amide bonds. The maximum absolute atomic E-state index is 12.5. The zero-order chi connectivity index (χ0) is 14.9. The van der Waals surface area contributed by atoms with Crippen LogP contribution in [0, 0.1) is 19.3 Å². The number of nitrogens with zero attached hydrogens (tertiary/aromatic N) is 2. The number of likely N-dealkylation sites (tertiary alicyclic amines) is 1. The van der Waals surface area contributed by atoms with Gasteiger partial charge in [0, 0.05) is 18.7 Å². The summed E-state index contributed by atoms with van der Waals surface area (Å²) in [7, 11) is 0. The van der Waals surface area contributed by atoms with E-state index in [1.807, 2.05) is 18.7 Å². The topological polar surface area (TPSA) is 58.4 Å². The summed E-state index contributed by atoms with van der Waals surface area (Å²) in [5, 5.41) is 7.36. The van der Waals surface area contributed by atoms with E-state index in [1.165, 1.54) is 12.8 Å². The Bertz CT molecular complexity index is 488. The van der Waals surface area contributed by atoms with Crippen molar-refractivity contribution in [1.29, 1.82) is 0 Å². The summed E-state index contributed by atoms with van der Waals surface area (Å²) in [6, 6.07) is 0. The van der Waals surface area contributed by atoms with E-state index in [0.29, 0.717) is 11.8 Å². The number of carbonyl (C=O) groups excluding carboxylic acids is 1. The standard InChI is InChI=1S/C16H25N3O2/c1-12-14(13(2)21-18-12)11-15(20)19-9-5-16(6-10-19)3-7-17-8-4-16/h17H,3-11H2,1-2H3. The van der Waals surface area contributed by atoms with E-state index in [-0.39, 0.29) is 5.91 Å². The number of hydrogen-bond donors (Lipinski definition) is 1. The van der Waals surface area contributed by atoms with Gasteiger partial charge < -0.3 is 14.7 Å². The molecule has 1 aromatic rings.